The molecule has 0 aromatic carbocycles. The Kier molecular flexibility index (Phi) is 4.71. The molecule has 18 heavy (non-hydrogen) atoms. The van der Waals surface area contributed by atoms with Crippen LogP contribution in [0.3, 0.4) is 0 Å². The maximum absolute atomic E-state index is 3.79. The van der Waals surface area contributed by atoms with E-state index in [9.17, 15) is 0 Å². The second-order valence-corrected chi connectivity index (χ2v) is 7.59. The molecule has 1 heterocycles. The molecule has 2 unspecified atom stereocenters. The third-order valence-electron chi connectivity index (χ3n) is 4.43. The molecule has 0 radical (unpaired) electrons. The highest BCUT2D eigenvalue weighted by atomic mass is 15.2. The van der Waals surface area contributed by atoms with Crippen molar-refractivity contribution in [1.29, 1.82) is 0 Å². The van der Waals surface area contributed by atoms with Crippen LogP contribution in [0.4, 0.5) is 0 Å². The van der Waals surface area contributed by atoms with Crippen LogP contribution < -0.4 is 5.32 Å². The van der Waals surface area contributed by atoms with Crippen molar-refractivity contribution < 1.29 is 0 Å². The van der Waals surface area contributed by atoms with Crippen LogP contribution in [-0.2, 0) is 0 Å². The van der Waals surface area contributed by atoms with Crippen LogP contribution in [0.25, 0.3) is 0 Å². The molecule has 1 saturated carbocycles. The molecule has 1 N–H and O–H groups in total. The molecule has 2 aliphatic rings. The van der Waals surface area contributed by atoms with E-state index in [0.29, 0.717) is 5.41 Å². The van der Waals surface area contributed by atoms with Crippen molar-refractivity contribution in [3.8, 4) is 0 Å². The summed E-state index contributed by atoms with van der Waals surface area (Å²) in [4.78, 5) is 2.78. The second-order valence-electron chi connectivity index (χ2n) is 7.59. The standard InChI is InChI=1S/C16H32N2/c1-5-15(13-8-9-13)18-10-6-7-14(11-18)17-12-16(2,3)4/h13-15,17H,5-12H2,1-4H3. The van der Waals surface area contributed by atoms with E-state index in [1.54, 1.807) is 0 Å². The summed E-state index contributed by atoms with van der Waals surface area (Å²) in [5.41, 5.74) is 0.406. The summed E-state index contributed by atoms with van der Waals surface area (Å²) in [5, 5.41) is 3.79. The van der Waals surface area contributed by atoms with Crippen LogP contribution in [0.15, 0.2) is 0 Å². The van der Waals surface area contributed by atoms with E-state index in [1.165, 1.54) is 45.2 Å². The molecule has 2 fully saturated rings. The lowest BCUT2D eigenvalue weighted by Gasteiger charge is -2.39. The Morgan fingerprint density at radius 1 is 1.22 bits per heavy atom. The first-order valence-electron chi connectivity index (χ1n) is 7.97. The maximum atomic E-state index is 3.79. The van der Waals surface area contributed by atoms with Crippen LogP contribution in [-0.4, -0.2) is 36.6 Å². The van der Waals surface area contributed by atoms with Crippen molar-refractivity contribution in [2.75, 3.05) is 19.6 Å². The van der Waals surface area contributed by atoms with Crippen LogP contribution >= 0.6 is 0 Å². The van der Waals surface area contributed by atoms with Crippen LogP contribution in [0.1, 0.15) is 59.8 Å². The molecule has 2 rings (SSSR count). The van der Waals surface area contributed by atoms with E-state index in [-0.39, 0.29) is 0 Å². The van der Waals surface area contributed by atoms with Gasteiger partial charge in [-0.05, 0) is 50.0 Å². The summed E-state index contributed by atoms with van der Waals surface area (Å²) in [6.07, 6.45) is 7.06. The van der Waals surface area contributed by atoms with Gasteiger partial charge in [-0.2, -0.15) is 0 Å². The molecule has 106 valence electrons. The fourth-order valence-corrected chi connectivity index (χ4v) is 3.30. The molecule has 0 aromatic rings. The second kappa shape index (κ2) is 5.92. The molecule has 0 aromatic heterocycles. The van der Waals surface area contributed by atoms with Gasteiger partial charge in [0.15, 0.2) is 0 Å². The summed E-state index contributed by atoms with van der Waals surface area (Å²) in [6, 6.07) is 1.61. The van der Waals surface area contributed by atoms with Crippen LogP contribution in [0.5, 0.6) is 0 Å². The van der Waals surface area contributed by atoms with Crippen molar-refractivity contribution in [2.24, 2.45) is 11.3 Å². The Balaban J connectivity index is 1.80. The minimum absolute atomic E-state index is 0.406. The van der Waals surface area contributed by atoms with Gasteiger partial charge in [-0.15, -0.1) is 0 Å². The maximum Gasteiger partial charge on any atom is 0.0195 e. The third kappa shape index (κ3) is 4.24. The fourth-order valence-electron chi connectivity index (χ4n) is 3.30. The Hall–Kier alpha value is -0.0800. The van der Waals surface area contributed by atoms with Crippen molar-refractivity contribution in [1.82, 2.24) is 10.2 Å². The van der Waals surface area contributed by atoms with Gasteiger partial charge < -0.3 is 5.32 Å². The topological polar surface area (TPSA) is 15.3 Å². The SMILES string of the molecule is CCC(C1CC1)N1CCCC(NCC(C)(C)C)C1. The molecular formula is C16H32N2. The molecule has 1 saturated heterocycles. The number of nitrogens with zero attached hydrogens (tertiary/aromatic N) is 1. The van der Waals surface area contributed by atoms with Crippen molar-refractivity contribution >= 4 is 0 Å². The highest BCUT2D eigenvalue weighted by Crippen LogP contribution is 2.37. The number of nitrogens with one attached hydrogen (secondary N) is 1. The lowest BCUT2D eigenvalue weighted by Crippen LogP contribution is -2.51. The number of rotatable bonds is 5. The number of hydrogen-bond donors (Lipinski definition) is 1. The largest absolute Gasteiger partial charge is 0.312 e. The molecule has 2 heteroatoms. The Morgan fingerprint density at radius 2 is 1.94 bits per heavy atom. The Morgan fingerprint density at radius 3 is 2.50 bits per heavy atom. The van der Waals surface area contributed by atoms with Gasteiger partial charge in [0.05, 0.1) is 0 Å². The molecule has 1 aliphatic heterocycles. The predicted molar refractivity (Wildman–Crippen MR) is 78.9 cm³/mol. The van der Waals surface area contributed by atoms with Gasteiger partial charge in [0, 0.05) is 25.2 Å². The summed E-state index contributed by atoms with van der Waals surface area (Å²) in [5.74, 6) is 1.02. The molecule has 0 bridgehead atoms. The van der Waals surface area contributed by atoms with Gasteiger partial charge in [-0.25, -0.2) is 0 Å². The van der Waals surface area contributed by atoms with Crippen molar-refractivity contribution in [2.45, 2.75) is 71.9 Å². The first-order valence-corrected chi connectivity index (χ1v) is 7.97. The van der Waals surface area contributed by atoms with Gasteiger partial charge in [-0.3, -0.25) is 4.90 Å². The van der Waals surface area contributed by atoms with E-state index in [1.807, 2.05) is 0 Å². The average Bonchev–Trinajstić information content (AvgIpc) is 3.12. The third-order valence-corrected chi connectivity index (χ3v) is 4.43. The fraction of sp³-hybridized carbons (Fsp3) is 1.00. The zero-order chi connectivity index (χ0) is 13.2. The van der Waals surface area contributed by atoms with Crippen molar-refractivity contribution in [3.63, 3.8) is 0 Å². The predicted octanol–water partition coefficient (Wildman–Crippen LogP) is 3.28. The first kappa shape index (κ1) is 14.3. The zero-order valence-electron chi connectivity index (χ0n) is 12.8. The van der Waals surface area contributed by atoms with Gasteiger partial charge in [0.1, 0.15) is 0 Å². The van der Waals surface area contributed by atoms with E-state index in [0.717, 1.165) is 24.5 Å². The van der Waals surface area contributed by atoms with Gasteiger partial charge in [0.2, 0.25) is 0 Å². The van der Waals surface area contributed by atoms with Crippen molar-refractivity contribution in [3.05, 3.63) is 0 Å². The lowest BCUT2D eigenvalue weighted by molar-refractivity contribution is 0.116. The summed E-state index contributed by atoms with van der Waals surface area (Å²) >= 11 is 0. The molecule has 2 nitrogen and oxygen atoms in total. The smallest absolute Gasteiger partial charge is 0.0195 e. The number of hydrogen-bond acceptors (Lipinski definition) is 2. The lowest BCUT2D eigenvalue weighted by atomic mass is 9.95. The molecule has 0 amide bonds. The molecule has 0 spiro atoms. The quantitative estimate of drug-likeness (QED) is 0.808. The zero-order valence-corrected chi connectivity index (χ0v) is 12.8. The summed E-state index contributed by atoms with van der Waals surface area (Å²) < 4.78 is 0. The summed E-state index contributed by atoms with van der Waals surface area (Å²) in [7, 11) is 0. The van der Waals surface area contributed by atoms with Crippen LogP contribution in [0.2, 0.25) is 0 Å². The minimum atomic E-state index is 0.406. The first-order chi connectivity index (χ1) is 8.49. The Bertz CT molecular complexity index is 252. The van der Waals surface area contributed by atoms with Crippen LogP contribution in [0, 0.1) is 11.3 Å². The van der Waals surface area contributed by atoms with E-state index < -0.39 is 0 Å². The van der Waals surface area contributed by atoms with Gasteiger partial charge >= 0.3 is 0 Å². The highest BCUT2D eigenvalue weighted by Gasteiger charge is 2.35. The summed E-state index contributed by atoms with van der Waals surface area (Å²) in [6.45, 7) is 13.1. The number of likely N-dealkylation sites (tertiary alicyclic amines) is 1. The molecular weight excluding hydrogens is 220 g/mol. The monoisotopic (exact) mass is 252 g/mol. The van der Waals surface area contributed by atoms with E-state index in [2.05, 4.69) is 37.9 Å². The number of piperidine rings is 1. The average molecular weight is 252 g/mol. The van der Waals surface area contributed by atoms with Gasteiger partial charge in [0.25, 0.3) is 0 Å². The molecule has 1 aliphatic carbocycles. The highest BCUT2D eigenvalue weighted by molar-refractivity contribution is 4.91. The normalized spacial score (nSPS) is 28.3. The van der Waals surface area contributed by atoms with E-state index >= 15 is 0 Å². The van der Waals surface area contributed by atoms with E-state index in [4.69, 9.17) is 0 Å². The Labute approximate surface area is 114 Å². The van der Waals surface area contributed by atoms with Gasteiger partial charge in [-0.1, -0.05) is 27.7 Å². The molecule has 2 atom stereocenters. The minimum Gasteiger partial charge on any atom is -0.312 e.